The highest BCUT2D eigenvalue weighted by atomic mass is 19.1. The molecule has 0 radical (unpaired) electrons. The van der Waals surface area contributed by atoms with Crippen molar-refractivity contribution in [2.75, 3.05) is 26.3 Å². The van der Waals surface area contributed by atoms with Gasteiger partial charge in [0.25, 0.3) is 5.91 Å². The predicted molar refractivity (Wildman–Crippen MR) is 73.9 cm³/mol. The fourth-order valence-corrected chi connectivity index (χ4v) is 2.59. The molecule has 0 unspecified atom stereocenters. The summed E-state index contributed by atoms with van der Waals surface area (Å²) in [6.07, 6.45) is 2.47. The van der Waals surface area contributed by atoms with Gasteiger partial charge in [-0.1, -0.05) is 12.1 Å². The van der Waals surface area contributed by atoms with Crippen LogP contribution in [0.5, 0.6) is 0 Å². The molecule has 0 atom stereocenters. The van der Waals surface area contributed by atoms with Crippen LogP contribution in [0.2, 0.25) is 0 Å². The third-order valence-electron chi connectivity index (χ3n) is 3.70. The Bertz CT molecular complexity index is 459. The molecule has 1 aliphatic heterocycles. The summed E-state index contributed by atoms with van der Waals surface area (Å²) in [7, 11) is 0. The number of rotatable bonds is 5. The summed E-state index contributed by atoms with van der Waals surface area (Å²) >= 11 is 0. The molecule has 2 N–H and O–H groups in total. The molecule has 0 saturated carbocycles. The third-order valence-corrected chi connectivity index (χ3v) is 3.70. The summed E-state index contributed by atoms with van der Waals surface area (Å²) in [5, 5.41) is 5.74. The minimum absolute atomic E-state index is 0.159. The van der Waals surface area contributed by atoms with E-state index < -0.39 is 12.6 Å². The lowest BCUT2D eigenvalue weighted by Gasteiger charge is -2.23. The molecule has 0 aliphatic carbocycles. The smallest absolute Gasteiger partial charge is 0.251 e. The zero-order valence-corrected chi connectivity index (χ0v) is 11.4. The summed E-state index contributed by atoms with van der Waals surface area (Å²) in [5.74, 6) is -0.504. The van der Waals surface area contributed by atoms with Gasteiger partial charge in [0.15, 0.2) is 6.67 Å². The molecule has 20 heavy (non-hydrogen) atoms. The lowest BCUT2D eigenvalue weighted by Crippen LogP contribution is -2.27. The van der Waals surface area contributed by atoms with Gasteiger partial charge in [-0.25, -0.2) is 8.78 Å². The van der Waals surface area contributed by atoms with Crippen molar-refractivity contribution in [2.24, 2.45) is 0 Å². The molecule has 3 nitrogen and oxygen atoms in total. The molecule has 1 saturated heterocycles. The first-order valence-corrected chi connectivity index (χ1v) is 7.02. The van der Waals surface area contributed by atoms with Crippen LogP contribution in [0, 0.1) is 5.82 Å². The molecule has 5 heteroatoms. The van der Waals surface area contributed by atoms with E-state index in [0.29, 0.717) is 13.0 Å². The summed E-state index contributed by atoms with van der Waals surface area (Å²) in [6, 6.07) is 5.10. The Morgan fingerprint density at radius 1 is 1.35 bits per heavy atom. The predicted octanol–water partition coefficient (Wildman–Crippen LogP) is 1.92. The number of alkyl halides is 1. The Labute approximate surface area is 117 Å². The van der Waals surface area contributed by atoms with Crippen LogP contribution >= 0.6 is 0 Å². The molecule has 1 fully saturated rings. The minimum atomic E-state index is -0.996. The number of hydrogen-bond donors (Lipinski definition) is 2. The Hall–Kier alpha value is -1.49. The van der Waals surface area contributed by atoms with Gasteiger partial charge in [-0.2, -0.15) is 0 Å². The molecule has 110 valence electrons. The first-order valence-electron chi connectivity index (χ1n) is 7.02. The highest BCUT2D eigenvalue weighted by Crippen LogP contribution is 2.28. The number of amides is 1. The van der Waals surface area contributed by atoms with Crippen molar-refractivity contribution in [3.05, 3.63) is 35.1 Å². The van der Waals surface area contributed by atoms with Crippen LogP contribution in [0.4, 0.5) is 8.78 Å². The van der Waals surface area contributed by atoms with E-state index in [1.807, 2.05) is 6.07 Å². The van der Waals surface area contributed by atoms with E-state index in [2.05, 4.69) is 10.6 Å². The van der Waals surface area contributed by atoms with E-state index in [1.165, 1.54) is 6.07 Å². The van der Waals surface area contributed by atoms with Gasteiger partial charge < -0.3 is 10.6 Å². The van der Waals surface area contributed by atoms with Gasteiger partial charge in [0.05, 0.1) is 0 Å². The van der Waals surface area contributed by atoms with Crippen LogP contribution in [0.3, 0.4) is 0 Å². The average molecular weight is 282 g/mol. The topological polar surface area (TPSA) is 41.1 Å². The Morgan fingerprint density at radius 3 is 2.80 bits per heavy atom. The fourth-order valence-electron chi connectivity index (χ4n) is 2.59. The number of piperidine rings is 1. The van der Waals surface area contributed by atoms with Crippen molar-refractivity contribution < 1.29 is 13.6 Å². The lowest BCUT2D eigenvalue weighted by molar-refractivity contribution is -0.121. The molecule has 0 bridgehead atoms. The van der Waals surface area contributed by atoms with E-state index in [9.17, 15) is 13.6 Å². The van der Waals surface area contributed by atoms with Crippen LogP contribution < -0.4 is 10.6 Å². The second-order valence-corrected chi connectivity index (χ2v) is 5.11. The Kier molecular flexibility index (Phi) is 5.47. The SMILES string of the molecule is O=C(CF)NCCc1ccc(F)c(C2CCNCC2)c1. The number of benzene rings is 1. The average Bonchev–Trinajstić information content (AvgIpc) is 2.49. The van der Waals surface area contributed by atoms with Crippen LogP contribution in [0.25, 0.3) is 0 Å². The highest BCUT2D eigenvalue weighted by molar-refractivity contribution is 5.76. The number of nitrogens with one attached hydrogen (secondary N) is 2. The number of carbonyl (C=O) groups is 1. The molecular formula is C15H20F2N2O. The maximum absolute atomic E-state index is 13.9. The number of halogens is 2. The van der Waals surface area contributed by atoms with Crippen molar-refractivity contribution >= 4 is 5.91 Å². The summed E-state index contributed by atoms with van der Waals surface area (Å²) in [5.41, 5.74) is 1.74. The van der Waals surface area contributed by atoms with E-state index in [1.54, 1.807) is 6.07 Å². The minimum Gasteiger partial charge on any atom is -0.353 e. The fraction of sp³-hybridized carbons (Fsp3) is 0.533. The van der Waals surface area contributed by atoms with Gasteiger partial charge in [0.1, 0.15) is 5.82 Å². The zero-order valence-electron chi connectivity index (χ0n) is 11.4. The maximum Gasteiger partial charge on any atom is 0.251 e. The number of carbonyl (C=O) groups excluding carboxylic acids is 1. The molecule has 1 heterocycles. The normalized spacial score (nSPS) is 16.1. The standard InChI is InChI=1S/C15H20F2N2O/c16-10-15(20)19-8-3-11-1-2-14(17)13(9-11)12-4-6-18-7-5-12/h1-2,9,12,18H,3-8,10H2,(H,19,20). The van der Waals surface area contributed by atoms with Gasteiger partial charge in [-0.15, -0.1) is 0 Å². The Morgan fingerprint density at radius 2 is 2.10 bits per heavy atom. The van der Waals surface area contributed by atoms with Crippen molar-refractivity contribution in [1.82, 2.24) is 10.6 Å². The van der Waals surface area contributed by atoms with E-state index in [-0.39, 0.29) is 11.7 Å². The summed E-state index contributed by atoms with van der Waals surface area (Å²) in [6.45, 7) is 1.21. The quantitative estimate of drug-likeness (QED) is 0.866. The molecule has 2 rings (SSSR count). The largest absolute Gasteiger partial charge is 0.353 e. The van der Waals surface area contributed by atoms with Gasteiger partial charge in [0.2, 0.25) is 0 Å². The Balaban J connectivity index is 1.98. The third kappa shape index (κ3) is 4.00. The van der Waals surface area contributed by atoms with Crippen LogP contribution in [-0.2, 0) is 11.2 Å². The van der Waals surface area contributed by atoms with Crippen molar-refractivity contribution in [3.63, 3.8) is 0 Å². The van der Waals surface area contributed by atoms with E-state index >= 15 is 0 Å². The van der Waals surface area contributed by atoms with Gasteiger partial charge in [0, 0.05) is 6.54 Å². The van der Waals surface area contributed by atoms with Gasteiger partial charge in [-0.3, -0.25) is 4.79 Å². The first kappa shape index (κ1) is 14.9. The summed E-state index contributed by atoms with van der Waals surface area (Å²) in [4.78, 5) is 10.8. The molecule has 0 aromatic heterocycles. The molecule has 1 aromatic carbocycles. The van der Waals surface area contributed by atoms with Crippen molar-refractivity contribution in [3.8, 4) is 0 Å². The van der Waals surface area contributed by atoms with Crippen molar-refractivity contribution in [1.29, 1.82) is 0 Å². The van der Waals surface area contributed by atoms with E-state index in [4.69, 9.17) is 0 Å². The highest BCUT2D eigenvalue weighted by Gasteiger charge is 2.18. The summed E-state index contributed by atoms with van der Waals surface area (Å²) < 4.78 is 25.9. The molecule has 1 aliphatic rings. The van der Waals surface area contributed by atoms with Crippen LogP contribution in [0.15, 0.2) is 18.2 Å². The second-order valence-electron chi connectivity index (χ2n) is 5.11. The van der Waals surface area contributed by atoms with E-state index in [0.717, 1.165) is 37.1 Å². The molecule has 1 aromatic rings. The van der Waals surface area contributed by atoms with Gasteiger partial charge >= 0.3 is 0 Å². The first-order chi connectivity index (χ1) is 9.70. The van der Waals surface area contributed by atoms with Crippen LogP contribution in [-0.4, -0.2) is 32.2 Å². The van der Waals surface area contributed by atoms with Crippen LogP contribution in [0.1, 0.15) is 29.9 Å². The monoisotopic (exact) mass is 282 g/mol. The van der Waals surface area contributed by atoms with Crippen molar-refractivity contribution in [2.45, 2.75) is 25.2 Å². The molecular weight excluding hydrogens is 262 g/mol. The molecule has 1 amide bonds. The second kappa shape index (κ2) is 7.33. The lowest BCUT2D eigenvalue weighted by atomic mass is 9.88. The molecule has 0 spiro atoms. The number of hydrogen-bond acceptors (Lipinski definition) is 2. The maximum atomic E-state index is 13.9. The zero-order chi connectivity index (χ0) is 14.4. The van der Waals surface area contributed by atoms with Gasteiger partial charge in [-0.05, 0) is 55.5 Å².